The summed E-state index contributed by atoms with van der Waals surface area (Å²) in [5, 5.41) is 0.539. The van der Waals surface area contributed by atoms with E-state index in [-0.39, 0.29) is 0 Å². The van der Waals surface area contributed by atoms with E-state index in [1.54, 1.807) is 24.3 Å². The Morgan fingerprint density at radius 1 is 1.29 bits per heavy atom. The second-order valence-corrected chi connectivity index (χ2v) is 3.37. The van der Waals surface area contributed by atoms with Gasteiger partial charge in [-0.05, 0) is 17.7 Å². The molecule has 0 atom stereocenters. The SMILES string of the molecule is COC(=O)NNC(=O)/C=C/c1ccccc1Cl. The van der Waals surface area contributed by atoms with E-state index >= 15 is 0 Å². The van der Waals surface area contributed by atoms with Crippen LogP contribution in [0.3, 0.4) is 0 Å². The van der Waals surface area contributed by atoms with Crippen LogP contribution < -0.4 is 10.9 Å². The number of hydrogen-bond acceptors (Lipinski definition) is 3. The topological polar surface area (TPSA) is 67.4 Å². The molecular formula is C11H11ClN2O3. The minimum absolute atomic E-state index is 0.490. The summed E-state index contributed by atoms with van der Waals surface area (Å²) in [5.74, 6) is -0.490. The van der Waals surface area contributed by atoms with Gasteiger partial charge in [0.15, 0.2) is 0 Å². The monoisotopic (exact) mass is 254 g/mol. The number of hydrogen-bond donors (Lipinski definition) is 2. The standard InChI is InChI=1S/C11H11ClN2O3/c1-17-11(16)14-13-10(15)7-6-8-4-2-3-5-9(8)12/h2-7H,1H3,(H,13,15)(H,14,16)/b7-6+. The van der Waals surface area contributed by atoms with Gasteiger partial charge in [0.1, 0.15) is 0 Å². The molecule has 0 heterocycles. The van der Waals surface area contributed by atoms with Crippen molar-refractivity contribution in [3.8, 4) is 0 Å². The van der Waals surface area contributed by atoms with Gasteiger partial charge in [-0.2, -0.15) is 0 Å². The molecule has 1 rings (SSSR count). The van der Waals surface area contributed by atoms with Gasteiger partial charge in [0.25, 0.3) is 5.91 Å². The molecule has 1 aromatic carbocycles. The fourth-order valence-corrected chi connectivity index (χ4v) is 1.18. The second kappa shape index (κ2) is 6.55. The molecule has 0 saturated heterocycles. The summed E-state index contributed by atoms with van der Waals surface area (Å²) in [4.78, 5) is 21.9. The van der Waals surface area contributed by atoms with Gasteiger partial charge in [-0.1, -0.05) is 29.8 Å². The lowest BCUT2D eigenvalue weighted by molar-refractivity contribution is -0.117. The van der Waals surface area contributed by atoms with E-state index in [0.717, 1.165) is 0 Å². The normalized spacial score (nSPS) is 10.0. The van der Waals surface area contributed by atoms with Gasteiger partial charge in [0, 0.05) is 11.1 Å². The molecule has 2 amide bonds. The van der Waals surface area contributed by atoms with Crippen LogP contribution in [-0.2, 0) is 9.53 Å². The van der Waals surface area contributed by atoms with E-state index in [2.05, 4.69) is 10.2 Å². The number of hydrazine groups is 1. The van der Waals surface area contributed by atoms with Crippen molar-refractivity contribution in [2.45, 2.75) is 0 Å². The molecule has 0 aliphatic carbocycles. The lowest BCUT2D eigenvalue weighted by Crippen LogP contribution is -2.40. The van der Waals surface area contributed by atoms with Crippen molar-refractivity contribution < 1.29 is 14.3 Å². The van der Waals surface area contributed by atoms with Gasteiger partial charge in [-0.25, -0.2) is 10.2 Å². The van der Waals surface area contributed by atoms with E-state index in [9.17, 15) is 9.59 Å². The molecule has 1 aromatic rings. The number of amides is 2. The molecule has 90 valence electrons. The van der Waals surface area contributed by atoms with Crippen molar-refractivity contribution in [3.63, 3.8) is 0 Å². The van der Waals surface area contributed by atoms with E-state index in [1.165, 1.54) is 19.3 Å². The molecule has 0 aliphatic heterocycles. The summed E-state index contributed by atoms with van der Waals surface area (Å²) in [7, 11) is 1.20. The summed E-state index contributed by atoms with van der Waals surface area (Å²) in [6, 6.07) is 7.07. The molecule has 5 nitrogen and oxygen atoms in total. The lowest BCUT2D eigenvalue weighted by atomic mass is 10.2. The number of carbonyl (C=O) groups excluding carboxylic acids is 2. The minimum Gasteiger partial charge on any atom is -0.452 e. The van der Waals surface area contributed by atoms with Crippen LogP contribution in [0.5, 0.6) is 0 Å². The number of benzene rings is 1. The summed E-state index contributed by atoms with van der Waals surface area (Å²) in [6.45, 7) is 0. The number of ether oxygens (including phenoxy) is 1. The highest BCUT2D eigenvalue weighted by Crippen LogP contribution is 2.15. The molecule has 0 aliphatic rings. The fourth-order valence-electron chi connectivity index (χ4n) is 0.981. The van der Waals surface area contributed by atoms with Crippen LogP contribution >= 0.6 is 11.6 Å². The average Bonchev–Trinajstić information content (AvgIpc) is 2.35. The van der Waals surface area contributed by atoms with Gasteiger partial charge in [-0.15, -0.1) is 0 Å². The van der Waals surface area contributed by atoms with Gasteiger partial charge in [-0.3, -0.25) is 10.2 Å². The lowest BCUT2D eigenvalue weighted by Gasteiger charge is -2.02. The van der Waals surface area contributed by atoms with Gasteiger partial charge in [0.05, 0.1) is 7.11 Å². The predicted molar refractivity (Wildman–Crippen MR) is 64.2 cm³/mol. The van der Waals surface area contributed by atoms with Crippen molar-refractivity contribution in [3.05, 3.63) is 40.9 Å². The largest absolute Gasteiger partial charge is 0.452 e. The molecule has 2 N–H and O–H groups in total. The highest BCUT2D eigenvalue weighted by atomic mass is 35.5. The Morgan fingerprint density at radius 3 is 2.65 bits per heavy atom. The minimum atomic E-state index is -0.746. The zero-order valence-corrected chi connectivity index (χ0v) is 9.82. The van der Waals surface area contributed by atoms with Crippen molar-refractivity contribution >= 4 is 29.7 Å². The first kappa shape index (κ1) is 13.1. The Bertz CT molecular complexity index is 446. The molecule has 0 radical (unpaired) electrons. The number of halogens is 1. The van der Waals surface area contributed by atoms with Crippen molar-refractivity contribution in [2.75, 3.05) is 7.11 Å². The smallest absolute Gasteiger partial charge is 0.425 e. The Kier molecular flexibility index (Phi) is 5.03. The maximum atomic E-state index is 11.2. The molecule has 0 bridgehead atoms. The zero-order valence-electron chi connectivity index (χ0n) is 9.07. The van der Waals surface area contributed by atoms with E-state index in [1.807, 2.05) is 5.43 Å². The van der Waals surface area contributed by atoms with Crippen LogP contribution in [0.15, 0.2) is 30.3 Å². The summed E-state index contributed by atoms with van der Waals surface area (Å²) in [6.07, 6.45) is 2.04. The first-order valence-electron chi connectivity index (χ1n) is 4.70. The van der Waals surface area contributed by atoms with Crippen molar-refractivity contribution in [1.82, 2.24) is 10.9 Å². The molecule has 0 aromatic heterocycles. The number of methoxy groups -OCH3 is 1. The van der Waals surface area contributed by atoms with Crippen molar-refractivity contribution in [2.24, 2.45) is 0 Å². The Balaban J connectivity index is 2.51. The third kappa shape index (κ3) is 4.56. The Hall–Kier alpha value is -2.01. The first-order chi connectivity index (χ1) is 8.13. The quantitative estimate of drug-likeness (QED) is 0.624. The van der Waals surface area contributed by atoms with Crippen LogP contribution in [0.2, 0.25) is 5.02 Å². The van der Waals surface area contributed by atoms with E-state index < -0.39 is 12.0 Å². The average molecular weight is 255 g/mol. The third-order valence-corrected chi connectivity index (χ3v) is 2.14. The molecule has 0 spiro atoms. The Morgan fingerprint density at radius 2 is 2.00 bits per heavy atom. The zero-order chi connectivity index (χ0) is 12.7. The van der Waals surface area contributed by atoms with Crippen LogP contribution in [0.25, 0.3) is 6.08 Å². The Labute approximate surface area is 103 Å². The van der Waals surface area contributed by atoms with E-state index in [4.69, 9.17) is 11.6 Å². The molecular weight excluding hydrogens is 244 g/mol. The first-order valence-corrected chi connectivity index (χ1v) is 5.08. The molecule has 6 heteroatoms. The van der Waals surface area contributed by atoms with Crippen molar-refractivity contribution in [1.29, 1.82) is 0 Å². The van der Waals surface area contributed by atoms with Crippen LogP contribution in [0.4, 0.5) is 4.79 Å². The maximum absolute atomic E-state index is 11.2. The molecule has 0 fully saturated rings. The highest BCUT2D eigenvalue weighted by molar-refractivity contribution is 6.32. The van der Waals surface area contributed by atoms with E-state index in [0.29, 0.717) is 10.6 Å². The van der Waals surface area contributed by atoms with Gasteiger partial charge < -0.3 is 4.74 Å². The van der Waals surface area contributed by atoms with Crippen LogP contribution in [-0.4, -0.2) is 19.1 Å². The van der Waals surface area contributed by atoms with Crippen LogP contribution in [0.1, 0.15) is 5.56 Å². The molecule has 0 unspecified atom stereocenters. The van der Waals surface area contributed by atoms with Gasteiger partial charge in [0.2, 0.25) is 0 Å². The number of nitrogens with one attached hydrogen (secondary N) is 2. The van der Waals surface area contributed by atoms with Gasteiger partial charge >= 0.3 is 6.09 Å². The second-order valence-electron chi connectivity index (χ2n) is 2.96. The number of rotatable bonds is 2. The molecule has 0 saturated carbocycles. The highest BCUT2D eigenvalue weighted by Gasteiger charge is 2.00. The number of carbonyl (C=O) groups is 2. The molecule has 17 heavy (non-hydrogen) atoms. The summed E-state index contributed by atoms with van der Waals surface area (Å²) < 4.78 is 4.27. The summed E-state index contributed by atoms with van der Waals surface area (Å²) in [5.41, 5.74) is 4.88. The third-order valence-electron chi connectivity index (χ3n) is 1.79. The predicted octanol–water partition coefficient (Wildman–Crippen LogP) is 1.74. The maximum Gasteiger partial charge on any atom is 0.425 e. The summed E-state index contributed by atoms with van der Waals surface area (Å²) >= 11 is 5.88. The van der Waals surface area contributed by atoms with Crippen LogP contribution in [0, 0.1) is 0 Å². The fraction of sp³-hybridized carbons (Fsp3) is 0.0909.